The van der Waals surface area contributed by atoms with E-state index in [1.165, 1.54) is 19.5 Å². The molecule has 0 bridgehead atoms. The zero-order chi connectivity index (χ0) is 18.1. The first-order valence-electron chi connectivity index (χ1n) is 9.69. The predicted molar refractivity (Wildman–Crippen MR) is 118 cm³/mol. The summed E-state index contributed by atoms with van der Waals surface area (Å²) in [4.78, 5) is 23.3. The van der Waals surface area contributed by atoms with Crippen LogP contribution in [0.2, 0.25) is 0 Å². The molecule has 0 aromatic heterocycles. The lowest BCUT2D eigenvalue weighted by Crippen LogP contribution is -2.48. The van der Waals surface area contributed by atoms with Gasteiger partial charge in [-0.05, 0) is 45.3 Å². The Labute approximate surface area is 176 Å². The Morgan fingerprint density at radius 1 is 1.12 bits per heavy atom. The van der Waals surface area contributed by atoms with Gasteiger partial charge < -0.3 is 25.3 Å². The predicted octanol–water partition coefficient (Wildman–Crippen LogP) is 0.665. The number of nitrogens with one attached hydrogen (secondary N) is 2. The maximum absolute atomic E-state index is 11.5. The molecule has 0 radical (unpaired) electrons. The fourth-order valence-electron chi connectivity index (χ4n) is 3.69. The van der Waals surface area contributed by atoms with Crippen molar-refractivity contribution in [3.8, 4) is 0 Å². The number of aliphatic imine (C=N–C) groups is 1. The number of amides is 1. The fourth-order valence-corrected chi connectivity index (χ4v) is 3.69. The highest BCUT2D eigenvalue weighted by Gasteiger charge is 2.23. The van der Waals surface area contributed by atoms with Gasteiger partial charge in [0.2, 0.25) is 5.91 Å². The van der Waals surface area contributed by atoms with Gasteiger partial charge in [-0.3, -0.25) is 9.79 Å². The number of carbonyl (C=O) groups is 1. The maximum Gasteiger partial charge on any atom is 0.220 e. The van der Waals surface area contributed by atoms with Gasteiger partial charge >= 0.3 is 0 Å². The van der Waals surface area contributed by atoms with Crippen LogP contribution in [0.1, 0.15) is 25.7 Å². The Morgan fingerprint density at radius 2 is 1.85 bits per heavy atom. The van der Waals surface area contributed by atoms with Gasteiger partial charge in [0.1, 0.15) is 0 Å². The van der Waals surface area contributed by atoms with Crippen LogP contribution in [0, 0.1) is 5.92 Å². The average molecular weight is 480 g/mol. The van der Waals surface area contributed by atoms with Gasteiger partial charge in [-0.15, -0.1) is 24.0 Å². The number of guanidine groups is 1. The zero-order valence-corrected chi connectivity index (χ0v) is 19.0. The first-order valence-corrected chi connectivity index (χ1v) is 9.69. The Hall–Kier alpha value is -0.610. The normalized spacial score (nSPS) is 21.0. The van der Waals surface area contributed by atoms with E-state index < -0.39 is 0 Å². The third-order valence-corrected chi connectivity index (χ3v) is 5.40. The van der Waals surface area contributed by atoms with Crippen molar-refractivity contribution >= 4 is 35.8 Å². The summed E-state index contributed by atoms with van der Waals surface area (Å²) in [5.41, 5.74) is 0. The molecule has 152 valence electrons. The standard InChI is InChI=1S/C18H36N6O.HI/c1-19-17(25)15-16-5-10-24(11-6-16)18(20-2)21-7-12-23-9-4-8-22(3)13-14-23;/h16H,4-15H2,1-3H3,(H,19,25)(H,20,21);1H. The van der Waals surface area contributed by atoms with E-state index in [0.29, 0.717) is 12.3 Å². The second-order valence-electron chi connectivity index (χ2n) is 7.28. The number of rotatable bonds is 5. The van der Waals surface area contributed by atoms with Crippen LogP contribution in [0.5, 0.6) is 0 Å². The number of hydrogen-bond donors (Lipinski definition) is 2. The number of likely N-dealkylation sites (tertiary alicyclic amines) is 1. The molecular weight excluding hydrogens is 443 g/mol. The van der Waals surface area contributed by atoms with Gasteiger partial charge in [-0.2, -0.15) is 0 Å². The van der Waals surface area contributed by atoms with E-state index in [2.05, 4.69) is 37.4 Å². The first-order chi connectivity index (χ1) is 12.1. The highest BCUT2D eigenvalue weighted by atomic mass is 127. The lowest BCUT2D eigenvalue weighted by molar-refractivity contribution is -0.121. The van der Waals surface area contributed by atoms with Gasteiger partial charge in [0.05, 0.1) is 0 Å². The zero-order valence-electron chi connectivity index (χ0n) is 16.7. The third-order valence-electron chi connectivity index (χ3n) is 5.40. The van der Waals surface area contributed by atoms with E-state index >= 15 is 0 Å². The lowest BCUT2D eigenvalue weighted by atomic mass is 9.93. The van der Waals surface area contributed by atoms with E-state index in [0.717, 1.165) is 58.1 Å². The summed E-state index contributed by atoms with van der Waals surface area (Å²) < 4.78 is 0. The molecule has 2 rings (SSSR count). The summed E-state index contributed by atoms with van der Waals surface area (Å²) in [5.74, 6) is 1.66. The van der Waals surface area contributed by atoms with Crippen LogP contribution < -0.4 is 10.6 Å². The smallest absolute Gasteiger partial charge is 0.220 e. The molecule has 0 aliphatic carbocycles. The van der Waals surface area contributed by atoms with Gasteiger partial charge in [-0.25, -0.2) is 0 Å². The molecule has 0 aromatic rings. The topological polar surface area (TPSA) is 63.2 Å². The second-order valence-corrected chi connectivity index (χ2v) is 7.28. The van der Waals surface area contributed by atoms with Crippen molar-refractivity contribution in [2.24, 2.45) is 10.9 Å². The highest BCUT2D eigenvalue weighted by Crippen LogP contribution is 2.20. The van der Waals surface area contributed by atoms with Crippen molar-refractivity contribution in [3.63, 3.8) is 0 Å². The molecule has 2 fully saturated rings. The third kappa shape index (κ3) is 7.96. The Balaban J connectivity index is 0.00000338. The molecule has 2 saturated heterocycles. The van der Waals surface area contributed by atoms with Gasteiger partial charge in [-0.1, -0.05) is 0 Å². The number of hydrogen-bond acceptors (Lipinski definition) is 4. The molecule has 0 unspecified atom stereocenters. The first kappa shape index (κ1) is 23.4. The van der Waals surface area contributed by atoms with E-state index in [1.54, 1.807) is 7.05 Å². The monoisotopic (exact) mass is 480 g/mol. The van der Waals surface area contributed by atoms with Crippen molar-refractivity contribution in [3.05, 3.63) is 0 Å². The average Bonchev–Trinajstić information content (AvgIpc) is 2.84. The van der Waals surface area contributed by atoms with E-state index in [1.807, 2.05) is 7.05 Å². The maximum atomic E-state index is 11.5. The van der Waals surface area contributed by atoms with Crippen LogP contribution in [-0.2, 0) is 4.79 Å². The molecule has 26 heavy (non-hydrogen) atoms. The summed E-state index contributed by atoms with van der Waals surface area (Å²) in [6.07, 6.45) is 4.03. The Kier molecular flexibility index (Phi) is 11.5. The molecule has 2 aliphatic heterocycles. The minimum atomic E-state index is 0. The number of piperidine rings is 1. The number of halogens is 1. The van der Waals surface area contributed by atoms with Crippen molar-refractivity contribution in [2.75, 3.05) is 73.5 Å². The Morgan fingerprint density at radius 3 is 2.50 bits per heavy atom. The van der Waals surface area contributed by atoms with Gasteiger partial charge in [0.25, 0.3) is 0 Å². The van der Waals surface area contributed by atoms with Gasteiger partial charge in [0, 0.05) is 59.8 Å². The molecule has 2 heterocycles. The molecule has 0 atom stereocenters. The van der Waals surface area contributed by atoms with Crippen LogP contribution in [0.25, 0.3) is 0 Å². The Bertz CT molecular complexity index is 439. The lowest BCUT2D eigenvalue weighted by Gasteiger charge is -2.34. The van der Waals surface area contributed by atoms with Crippen LogP contribution in [0.3, 0.4) is 0 Å². The number of carbonyl (C=O) groups excluding carboxylic acids is 1. The number of nitrogens with zero attached hydrogens (tertiary/aromatic N) is 4. The summed E-state index contributed by atoms with van der Waals surface area (Å²) in [5, 5.41) is 6.25. The highest BCUT2D eigenvalue weighted by molar-refractivity contribution is 14.0. The summed E-state index contributed by atoms with van der Waals surface area (Å²) >= 11 is 0. The minimum absolute atomic E-state index is 0. The van der Waals surface area contributed by atoms with E-state index in [4.69, 9.17) is 0 Å². The molecule has 0 spiro atoms. The second kappa shape index (κ2) is 12.7. The molecule has 2 aliphatic rings. The van der Waals surface area contributed by atoms with Crippen molar-refractivity contribution in [1.29, 1.82) is 0 Å². The largest absolute Gasteiger partial charge is 0.359 e. The molecule has 8 heteroatoms. The van der Waals surface area contributed by atoms with Crippen LogP contribution in [0.4, 0.5) is 0 Å². The molecule has 7 nitrogen and oxygen atoms in total. The quantitative estimate of drug-likeness (QED) is 0.344. The summed E-state index contributed by atoms with van der Waals surface area (Å²) in [6, 6.07) is 0. The molecule has 0 aromatic carbocycles. The number of likely N-dealkylation sites (N-methyl/N-ethyl adjacent to an activating group) is 1. The minimum Gasteiger partial charge on any atom is -0.359 e. The van der Waals surface area contributed by atoms with Crippen molar-refractivity contribution in [2.45, 2.75) is 25.7 Å². The summed E-state index contributed by atoms with van der Waals surface area (Å²) in [6.45, 7) is 8.68. The van der Waals surface area contributed by atoms with Crippen LogP contribution in [0.15, 0.2) is 4.99 Å². The van der Waals surface area contributed by atoms with E-state index in [-0.39, 0.29) is 29.9 Å². The van der Waals surface area contributed by atoms with Crippen LogP contribution >= 0.6 is 24.0 Å². The van der Waals surface area contributed by atoms with E-state index in [9.17, 15) is 4.79 Å². The molecular formula is C18H37IN6O. The van der Waals surface area contributed by atoms with Gasteiger partial charge in [0.15, 0.2) is 5.96 Å². The van der Waals surface area contributed by atoms with Crippen LogP contribution in [-0.4, -0.2) is 100 Å². The van der Waals surface area contributed by atoms with Crippen molar-refractivity contribution in [1.82, 2.24) is 25.3 Å². The molecule has 2 N–H and O–H groups in total. The molecule has 1 amide bonds. The fraction of sp³-hybridized carbons (Fsp3) is 0.889. The summed E-state index contributed by atoms with van der Waals surface area (Å²) in [7, 11) is 5.78. The molecule has 0 saturated carbocycles. The van der Waals surface area contributed by atoms with Crippen molar-refractivity contribution < 1.29 is 4.79 Å². The SMILES string of the molecule is CN=C(NCCN1CCCN(C)CC1)N1CCC(CC(=O)NC)CC1.I.